The van der Waals surface area contributed by atoms with Crippen molar-refractivity contribution in [2.45, 2.75) is 24.2 Å². The van der Waals surface area contributed by atoms with Gasteiger partial charge in [0.2, 0.25) is 10.0 Å². The molecule has 0 unspecified atom stereocenters. The lowest BCUT2D eigenvalue weighted by atomic mass is 10.2. The van der Waals surface area contributed by atoms with Crippen LogP contribution in [0.5, 0.6) is 0 Å². The highest BCUT2D eigenvalue weighted by Gasteiger charge is 2.27. The van der Waals surface area contributed by atoms with E-state index in [0.717, 1.165) is 17.8 Å². The van der Waals surface area contributed by atoms with Crippen molar-refractivity contribution >= 4 is 43.3 Å². The molecule has 6 nitrogen and oxygen atoms in total. The molecular formula is C12H18BrNO5S2. The fourth-order valence-electron chi connectivity index (χ4n) is 1.64. The summed E-state index contributed by atoms with van der Waals surface area (Å²) in [5, 5.41) is 8.70. The summed E-state index contributed by atoms with van der Waals surface area (Å²) in [6.07, 6.45) is 2.08. The number of halogens is 1. The van der Waals surface area contributed by atoms with Gasteiger partial charge in [0.1, 0.15) is 9.77 Å². The number of thiophene rings is 1. The van der Waals surface area contributed by atoms with Gasteiger partial charge in [-0.15, -0.1) is 11.3 Å². The normalized spacial score (nSPS) is 11.9. The van der Waals surface area contributed by atoms with Crippen LogP contribution in [0.15, 0.2) is 14.7 Å². The lowest BCUT2D eigenvalue weighted by Crippen LogP contribution is -2.28. The highest BCUT2D eigenvalue weighted by Crippen LogP contribution is 2.33. The molecule has 0 spiro atoms. The molecule has 21 heavy (non-hydrogen) atoms. The highest BCUT2D eigenvalue weighted by molar-refractivity contribution is 9.11. The molecule has 1 aromatic heterocycles. The number of nitrogens with zero attached hydrogens (tertiary/aromatic N) is 1. The van der Waals surface area contributed by atoms with Crippen molar-refractivity contribution < 1.29 is 23.1 Å². The van der Waals surface area contributed by atoms with E-state index < -0.39 is 16.0 Å². The number of hydrogen-bond acceptors (Lipinski definition) is 6. The molecule has 0 saturated carbocycles. The quantitative estimate of drug-likeness (QED) is 0.534. The Morgan fingerprint density at radius 1 is 1.43 bits per heavy atom. The van der Waals surface area contributed by atoms with Gasteiger partial charge in [0.15, 0.2) is 0 Å². The van der Waals surface area contributed by atoms with Gasteiger partial charge in [-0.25, -0.2) is 17.5 Å². The zero-order valence-corrected chi connectivity index (χ0v) is 15.1. The highest BCUT2D eigenvalue weighted by atomic mass is 79.9. The van der Waals surface area contributed by atoms with Crippen LogP contribution >= 0.6 is 27.3 Å². The molecule has 1 rings (SSSR count). The Labute approximate surface area is 136 Å². The Bertz CT molecular complexity index is 584. The third-order valence-electron chi connectivity index (χ3n) is 2.86. The van der Waals surface area contributed by atoms with E-state index in [1.165, 1.54) is 24.5 Å². The molecule has 0 aromatic carbocycles. The average Bonchev–Trinajstić information content (AvgIpc) is 2.85. The minimum absolute atomic E-state index is 0.0672. The van der Waals surface area contributed by atoms with Gasteiger partial charge in [-0.2, -0.15) is 0 Å². The van der Waals surface area contributed by atoms with E-state index in [2.05, 4.69) is 20.7 Å². The van der Waals surface area contributed by atoms with Gasteiger partial charge in [0, 0.05) is 20.2 Å². The maximum absolute atomic E-state index is 12.4. The number of esters is 1. The largest absolute Gasteiger partial charge is 0.465 e. The summed E-state index contributed by atoms with van der Waals surface area (Å²) in [4.78, 5) is 11.8. The monoisotopic (exact) mass is 399 g/mol. The standard InChI is InChI=1S/C12H18BrNO5S2/c1-14(6-4-3-5-7-15)21(17,18)10-8-9(12(16)19-2)20-11(10)13/h8,15H,3-7H2,1-2H3. The molecule has 0 aliphatic carbocycles. The van der Waals surface area contributed by atoms with Crippen molar-refractivity contribution in [3.63, 3.8) is 0 Å². The predicted molar refractivity (Wildman–Crippen MR) is 84.1 cm³/mol. The second-order valence-corrected chi connectivity index (χ2v) is 8.73. The minimum Gasteiger partial charge on any atom is -0.465 e. The Hall–Kier alpha value is -0.480. The Kier molecular flexibility index (Phi) is 7.28. The van der Waals surface area contributed by atoms with Crippen molar-refractivity contribution in [1.82, 2.24) is 4.31 Å². The molecule has 1 N–H and O–H groups in total. The van der Waals surface area contributed by atoms with E-state index in [1.54, 1.807) is 0 Å². The lowest BCUT2D eigenvalue weighted by Gasteiger charge is -2.16. The van der Waals surface area contributed by atoms with Crippen LogP contribution in [-0.4, -0.2) is 51.1 Å². The molecule has 0 bridgehead atoms. The summed E-state index contributed by atoms with van der Waals surface area (Å²) in [7, 11) is -0.907. The van der Waals surface area contributed by atoms with Crippen LogP contribution in [0, 0.1) is 0 Å². The maximum atomic E-state index is 12.4. The van der Waals surface area contributed by atoms with Crippen molar-refractivity contribution in [2.24, 2.45) is 0 Å². The summed E-state index contributed by atoms with van der Waals surface area (Å²) < 4.78 is 31.1. The second kappa shape index (κ2) is 8.23. The number of aliphatic hydroxyl groups is 1. The third kappa shape index (κ3) is 4.75. The zero-order valence-electron chi connectivity index (χ0n) is 11.8. The molecule has 1 aromatic rings. The van der Waals surface area contributed by atoms with Gasteiger partial charge in [-0.05, 0) is 41.3 Å². The molecule has 9 heteroatoms. The van der Waals surface area contributed by atoms with Crippen LogP contribution in [0.4, 0.5) is 0 Å². The van der Waals surface area contributed by atoms with Crippen molar-refractivity contribution in [3.05, 3.63) is 14.7 Å². The number of unbranched alkanes of at least 4 members (excludes halogenated alkanes) is 2. The number of sulfonamides is 1. The van der Waals surface area contributed by atoms with Crippen LogP contribution < -0.4 is 0 Å². The van der Waals surface area contributed by atoms with Gasteiger partial charge in [0.25, 0.3) is 0 Å². The van der Waals surface area contributed by atoms with Gasteiger partial charge in [-0.1, -0.05) is 0 Å². The summed E-state index contributed by atoms with van der Waals surface area (Å²) >= 11 is 4.21. The van der Waals surface area contributed by atoms with E-state index >= 15 is 0 Å². The van der Waals surface area contributed by atoms with E-state index in [4.69, 9.17) is 5.11 Å². The van der Waals surface area contributed by atoms with Gasteiger partial charge in [-0.3, -0.25) is 0 Å². The number of aliphatic hydroxyl groups excluding tert-OH is 1. The fraction of sp³-hybridized carbons (Fsp3) is 0.583. The zero-order chi connectivity index (χ0) is 16.0. The summed E-state index contributed by atoms with van der Waals surface area (Å²) in [6.45, 7) is 0.465. The smallest absolute Gasteiger partial charge is 0.348 e. The van der Waals surface area contributed by atoms with Crippen molar-refractivity contribution in [1.29, 1.82) is 0 Å². The molecule has 0 atom stereocenters. The summed E-state index contributed by atoms with van der Waals surface area (Å²) in [6, 6.07) is 1.32. The predicted octanol–water partition coefficient (Wildman–Crippen LogP) is 2.08. The molecule has 0 amide bonds. The molecule has 0 radical (unpaired) electrons. The number of hydrogen-bond donors (Lipinski definition) is 1. The van der Waals surface area contributed by atoms with Crippen LogP contribution in [-0.2, 0) is 14.8 Å². The minimum atomic E-state index is -3.65. The van der Waals surface area contributed by atoms with Gasteiger partial charge >= 0.3 is 5.97 Å². The molecule has 0 aliphatic heterocycles. The number of methoxy groups -OCH3 is 1. The van der Waals surface area contributed by atoms with Gasteiger partial charge < -0.3 is 9.84 Å². The van der Waals surface area contributed by atoms with E-state index in [9.17, 15) is 13.2 Å². The summed E-state index contributed by atoms with van der Waals surface area (Å²) in [5.74, 6) is -0.562. The Balaban J connectivity index is 2.87. The molecule has 0 fully saturated rings. The van der Waals surface area contributed by atoms with Crippen LogP contribution in [0.2, 0.25) is 0 Å². The van der Waals surface area contributed by atoms with E-state index in [1.807, 2.05) is 0 Å². The third-order valence-corrected chi connectivity index (χ3v) is 6.95. The summed E-state index contributed by atoms with van der Waals surface area (Å²) in [5.41, 5.74) is 0. The lowest BCUT2D eigenvalue weighted by molar-refractivity contribution is 0.0606. The SMILES string of the molecule is COC(=O)c1cc(S(=O)(=O)N(C)CCCCCO)c(Br)s1. The average molecular weight is 400 g/mol. The van der Waals surface area contributed by atoms with E-state index in [0.29, 0.717) is 23.2 Å². The molecule has 120 valence electrons. The molecule has 0 aliphatic rings. The topological polar surface area (TPSA) is 83.9 Å². The first-order valence-electron chi connectivity index (χ1n) is 6.29. The van der Waals surface area contributed by atoms with Gasteiger partial charge in [0.05, 0.1) is 10.9 Å². The molecule has 0 saturated heterocycles. The Morgan fingerprint density at radius 3 is 2.67 bits per heavy atom. The number of rotatable bonds is 8. The Morgan fingerprint density at radius 2 is 2.10 bits per heavy atom. The number of carbonyl (C=O) groups excluding carboxylic acids is 1. The van der Waals surface area contributed by atoms with Crippen molar-refractivity contribution in [3.8, 4) is 0 Å². The van der Waals surface area contributed by atoms with Crippen LogP contribution in [0.1, 0.15) is 28.9 Å². The van der Waals surface area contributed by atoms with Crippen molar-refractivity contribution in [2.75, 3.05) is 27.3 Å². The maximum Gasteiger partial charge on any atom is 0.348 e. The first kappa shape index (κ1) is 18.6. The number of carbonyl (C=O) groups is 1. The van der Waals surface area contributed by atoms with Crippen LogP contribution in [0.25, 0.3) is 0 Å². The number of ether oxygens (including phenoxy) is 1. The molecule has 1 heterocycles. The van der Waals surface area contributed by atoms with E-state index in [-0.39, 0.29) is 16.4 Å². The molecular weight excluding hydrogens is 382 g/mol. The fourth-order valence-corrected chi connectivity index (χ4v) is 5.28. The van der Waals surface area contributed by atoms with Crippen LogP contribution in [0.3, 0.4) is 0 Å². The second-order valence-electron chi connectivity index (χ2n) is 4.35. The first-order valence-corrected chi connectivity index (χ1v) is 9.34. The first-order chi connectivity index (χ1) is 9.84.